The molecule has 1 amide bonds. The number of carbonyl (C=O) groups excluding carboxylic acids is 1. The molecule has 6 rings (SSSR count). The van der Waals surface area contributed by atoms with Crippen LogP contribution >= 0.6 is 0 Å². The molecular formula is C34H39N5O4. The van der Waals surface area contributed by atoms with E-state index in [0.29, 0.717) is 42.8 Å². The Morgan fingerprint density at radius 3 is 2.63 bits per heavy atom. The Morgan fingerprint density at radius 1 is 0.930 bits per heavy atom. The van der Waals surface area contributed by atoms with Gasteiger partial charge in [-0.05, 0) is 66.3 Å². The lowest BCUT2D eigenvalue weighted by atomic mass is 9.97. The van der Waals surface area contributed by atoms with Crippen LogP contribution in [0.15, 0.2) is 71.3 Å². The molecule has 1 N–H and O–H groups in total. The third kappa shape index (κ3) is 7.06. The summed E-state index contributed by atoms with van der Waals surface area (Å²) in [6.07, 6.45) is 2.92. The Kier molecular flexibility index (Phi) is 9.00. The quantitative estimate of drug-likeness (QED) is 0.285. The van der Waals surface area contributed by atoms with Gasteiger partial charge in [0.25, 0.3) is 0 Å². The highest BCUT2D eigenvalue weighted by molar-refractivity contribution is 5.79. The van der Waals surface area contributed by atoms with Gasteiger partial charge in [-0.2, -0.15) is 4.98 Å². The highest BCUT2D eigenvalue weighted by atomic mass is 16.5. The van der Waals surface area contributed by atoms with Gasteiger partial charge in [0.1, 0.15) is 0 Å². The number of ether oxygens (including phenoxy) is 2. The third-order valence-corrected chi connectivity index (χ3v) is 8.42. The van der Waals surface area contributed by atoms with Gasteiger partial charge in [-0.3, -0.25) is 14.6 Å². The predicted octanol–water partition coefficient (Wildman–Crippen LogP) is 4.84. The summed E-state index contributed by atoms with van der Waals surface area (Å²) in [7, 11) is 3.20. The van der Waals surface area contributed by atoms with Crippen molar-refractivity contribution >= 4 is 5.91 Å². The number of hydrogen-bond acceptors (Lipinski definition) is 8. The van der Waals surface area contributed by atoms with Crippen LogP contribution < -0.4 is 14.8 Å². The van der Waals surface area contributed by atoms with Crippen molar-refractivity contribution in [3.63, 3.8) is 0 Å². The minimum absolute atomic E-state index is 0.0707. The molecule has 1 unspecified atom stereocenters. The topological polar surface area (TPSA) is 93.0 Å². The van der Waals surface area contributed by atoms with Gasteiger partial charge in [0.15, 0.2) is 11.5 Å². The molecule has 43 heavy (non-hydrogen) atoms. The average molecular weight is 582 g/mol. The van der Waals surface area contributed by atoms with Gasteiger partial charge >= 0.3 is 0 Å². The minimum Gasteiger partial charge on any atom is -0.493 e. The van der Waals surface area contributed by atoms with Gasteiger partial charge in [-0.1, -0.05) is 53.7 Å². The molecule has 0 saturated carbocycles. The largest absolute Gasteiger partial charge is 0.493 e. The summed E-state index contributed by atoms with van der Waals surface area (Å²) in [5.74, 6) is 2.30. The van der Waals surface area contributed by atoms with E-state index in [1.54, 1.807) is 14.2 Å². The van der Waals surface area contributed by atoms with Gasteiger partial charge in [-0.15, -0.1) is 0 Å². The van der Waals surface area contributed by atoms with E-state index < -0.39 is 0 Å². The maximum absolute atomic E-state index is 13.2. The van der Waals surface area contributed by atoms with Crippen molar-refractivity contribution in [1.29, 1.82) is 0 Å². The van der Waals surface area contributed by atoms with Crippen LogP contribution in [0.25, 0.3) is 11.4 Å². The minimum atomic E-state index is -0.0707. The molecule has 9 nitrogen and oxygen atoms in total. The number of methoxy groups -OCH3 is 2. The van der Waals surface area contributed by atoms with Crippen LogP contribution in [0.3, 0.4) is 0 Å². The first-order chi connectivity index (χ1) is 21.1. The number of benzene rings is 3. The lowest BCUT2D eigenvalue weighted by Crippen LogP contribution is -2.42. The van der Waals surface area contributed by atoms with E-state index in [4.69, 9.17) is 14.0 Å². The summed E-state index contributed by atoms with van der Waals surface area (Å²) in [6, 6.07) is 22.8. The summed E-state index contributed by atoms with van der Waals surface area (Å²) in [4.78, 5) is 22.5. The average Bonchev–Trinajstić information content (AvgIpc) is 3.52. The summed E-state index contributed by atoms with van der Waals surface area (Å²) in [6.45, 7) is 5.56. The van der Waals surface area contributed by atoms with E-state index in [1.165, 1.54) is 16.7 Å². The first-order valence-corrected chi connectivity index (χ1v) is 15.0. The molecule has 1 aromatic heterocycles. The number of hydrogen-bond donors (Lipinski definition) is 1. The second-order valence-electron chi connectivity index (χ2n) is 11.4. The molecule has 1 fully saturated rings. The van der Waals surface area contributed by atoms with Crippen molar-refractivity contribution in [2.45, 2.75) is 45.4 Å². The highest BCUT2D eigenvalue weighted by Gasteiger charge is 2.27. The van der Waals surface area contributed by atoms with E-state index in [-0.39, 0.29) is 11.8 Å². The Hall–Kier alpha value is -4.21. The zero-order valence-electron chi connectivity index (χ0n) is 24.9. The highest BCUT2D eigenvalue weighted by Crippen LogP contribution is 2.31. The Bertz CT molecular complexity index is 1550. The molecule has 3 heterocycles. The van der Waals surface area contributed by atoms with Crippen molar-refractivity contribution < 1.29 is 18.8 Å². The van der Waals surface area contributed by atoms with Crippen molar-refractivity contribution in [2.24, 2.45) is 5.92 Å². The van der Waals surface area contributed by atoms with Crippen molar-refractivity contribution in [2.75, 3.05) is 33.9 Å². The van der Waals surface area contributed by atoms with E-state index in [2.05, 4.69) is 73.8 Å². The van der Waals surface area contributed by atoms with Crippen LogP contribution in [0.4, 0.5) is 0 Å². The molecule has 0 spiro atoms. The Morgan fingerprint density at radius 2 is 1.77 bits per heavy atom. The number of carbonyl (C=O) groups is 1. The maximum Gasteiger partial charge on any atom is 0.241 e. The molecule has 2 aliphatic heterocycles. The van der Waals surface area contributed by atoms with E-state index in [0.717, 1.165) is 56.6 Å². The number of aromatic nitrogens is 2. The first-order valence-electron chi connectivity index (χ1n) is 15.0. The molecule has 0 bridgehead atoms. The van der Waals surface area contributed by atoms with Gasteiger partial charge in [0.2, 0.25) is 17.6 Å². The lowest BCUT2D eigenvalue weighted by Gasteiger charge is -2.31. The molecule has 3 aromatic carbocycles. The molecule has 224 valence electrons. The fourth-order valence-corrected chi connectivity index (χ4v) is 6.13. The number of fused-ring (bicyclic) bond motifs is 1. The van der Waals surface area contributed by atoms with E-state index in [1.807, 2.05) is 18.2 Å². The van der Waals surface area contributed by atoms with E-state index in [9.17, 15) is 4.79 Å². The van der Waals surface area contributed by atoms with Gasteiger partial charge < -0.3 is 19.3 Å². The Balaban J connectivity index is 0.999. The molecule has 0 aliphatic carbocycles. The SMILES string of the molecule is COc1ccc(-c2noc(CN3CCCC(C(=O)NCc4cccc(CN5CCc6ccccc6C5)c4)C3)n2)cc1OC. The predicted molar refractivity (Wildman–Crippen MR) is 163 cm³/mol. The molecule has 0 radical (unpaired) electrons. The molecule has 2 aliphatic rings. The maximum atomic E-state index is 13.2. The number of rotatable bonds is 10. The number of likely N-dealkylation sites (tertiary alicyclic amines) is 1. The van der Waals surface area contributed by atoms with Crippen molar-refractivity contribution in [3.05, 3.63) is 94.9 Å². The van der Waals surface area contributed by atoms with Crippen LogP contribution in [0.1, 0.15) is 41.0 Å². The summed E-state index contributed by atoms with van der Waals surface area (Å²) >= 11 is 0. The second kappa shape index (κ2) is 13.4. The lowest BCUT2D eigenvalue weighted by molar-refractivity contribution is -0.127. The number of amides is 1. The number of nitrogens with one attached hydrogen (secondary N) is 1. The van der Waals surface area contributed by atoms with Crippen LogP contribution in [-0.4, -0.2) is 59.7 Å². The first kappa shape index (κ1) is 28.9. The summed E-state index contributed by atoms with van der Waals surface area (Å²) < 4.78 is 16.3. The van der Waals surface area contributed by atoms with Gasteiger partial charge in [0.05, 0.1) is 26.7 Å². The monoisotopic (exact) mass is 581 g/mol. The zero-order valence-corrected chi connectivity index (χ0v) is 24.9. The van der Waals surface area contributed by atoms with Crippen LogP contribution in [0.2, 0.25) is 0 Å². The van der Waals surface area contributed by atoms with Crippen LogP contribution in [0, 0.1) is 5.92 Å². The molecule has 4 aromatic rings. The fourth-order valence-electron chi connectivity index (χ4n) is 6.13. The summed E-state index contributed by atoms with van der Waals surface area (Å²) in [5, 5.41) is 7.35. The number of nitrogens with zero attached hydrogens (tertiary/aromatic N) is 4. The van der Waals surface area contributed by atoms with E-state index >= 15 is 0 Å². The molecule has 1 saturated heterocycles. The standard InChI is InChI=1S/C34H39N5O4/c1-41-30-13-12-27(18-31(30)42-2)33-36-32(43-37-33)23-38-15-6-11-29(22-38)34(40)35-19-24-7-5-8-25(17-24)20-39-16-14-26-9-3-4-10-28(26)21-39/h3-5,7-10,12-13,17-18,29H,6,11,14-16,19-23H2,1-2H3,(H,35,40). The smallest absolute Gasteiger partial charge is 0.241 e. The van der Waals surface area contributed by atoms with Crippen molar-refractivity contribution in [1.82, 2.24) is 25.3 Å². The molecule has 1 atom stereocenters. The van der Waals surface area contributed by atoms with Crippen LogP contribution in [-0.2, 0) is 37.4 Å². The summed E-state index contributed by atoms with van der Waals surface area (Å²) in [5.41, 5.74) is 6.09. The second-order valence-corrected chi connectivity index (χ2v) is 11.4. The number of piperidine rings is 1. The van der Waals surface area contributed by atoms with Crippen molar-refractivity contribution in [3.8, 4) is 22.9 Å². The molecule has 9 heteroatoms. The molecular weight excluding hydrogens is 542 g/mol. The van der Waals surface area contributed by atoms with Crippen LogP contribution in [0.5, 0.6) is 11.5 Å². The third-order valence-electron chi connectivity index (χ3n) is 8.42. The zero-order chi connectivity index (χ0) is 29.6. The fraction of sp³-hybridized carbons (Fsp3) is 0.382. The van der Waals surface area contributed by atoms with Gasteiger partial charge in [-0.25, -0.2) is 0 Å². The van der Waals surface area contributed by atoms with Gasteiger partial charge in [0, 0.05) is 38.3 Å². The Labute approximate surface area is 252 Å². The normalized spacial score (nSPS) is 17.3.